The molecule has 0 amide bonds. The van der Waals surface area contributed by atoms with Crippen LogP contribution in [0.5, 0.6) is 5.75 Å². The molecule has 0 fully saturated rings. The normalized spacial score (nSPS) is 10.9. The Balaban J connectivity index is 2.77. The first kappa shape index (κ1) is 10.1. The number of hydrogen-bond donors (Lipinski definition) is 1. The summed E-state index contributed by atoms with van der Waals surface area (Å²) in [7, 11) is 0. The largest absolute Gasteiger partial charge is 0.508 e. The van der Waals surface area contributed by atoms with E-state index in [0.29, 0.717) is 11.6 Å². The highest BCUT2D eigenvalue weighted by atomic mass is 35.5. The fourth-order valence-corrected chi connectivity index (χ4v) is 1.25. The molecule has 0 saturated carbocycles. The van der Waals surface area contributed by atoms with Crippen LogP contribution in [-0.2, 0) is 0 Å². The fourth-order valence-electron chi connectivity index (χ4n) is 1.12. The average molecular weight is 197 g/mol. The standard InChI is InChI=1S/C11H13ClO/c1-9-8-11(13)6-5-10(9)4-2-3-7-12/h2,4-6,8,13H,3,7H2,1H3. The Morgan fingerprint density at radius 2 is 2.23 bits per heavy atom. The fraction of sp³-hybridized carbons (Fsp3) is 0.273. The molecule has 0 aliphatic heterocycles. The quantitative estimate of drug-likeness (QED) is 0.736. The number of benzene rings is 1. The molecule has 0 radical (unpaired) electrons. The van der Waals surface area contributed by atoms with Gasteiger partial charge in [0.25, 0.3) is 0 Å². The maximum atomic E-state index is 9.16. The van der Waals surface area contributed by atoms with E-state index in [9.17, 15) is 0 Å². The first-order chi connectivity index (χ1) is 6.24. The lowest BCUT2D eigenvalue weighted by atomic mass is 10.1. The molecule has 1 rings (SSSR count). The van der Waals surface area contributed by atoms with Gasteiger partial charge >= 0.3 is 0 Å². The van der Waals surface area contributed by atoms with Crippen molar-refractivity contribution < 1.29 is 5.11 Å². The third-order valence-corrected chi connectivity index (χ3v) is 2.04. The minimum Gasteiger partial charge on any atom is -0.508 e. The zero-order valence-electron chi connectivity index (χ0n) is 7.63. The van der Waals surface area contributed by atoms with Crippen molar-refractivity contribution in [1.82, 2.24) is 0 Å². The minimum atomic E-state index is 0.312. The van der Waals surface area contributed by atoms with Gasteiger partial charge in [0.15, 0.2) is 0 Å². The van der Waals surface area contributed by atoms with Crippen molar-refractivity contribution in [2.24, 2.45) is 0 Å². The number of rotatable bonds is 3. The molecule has 2 heteroatoms. The van der Waals surface area contributed by atoms with E-state index in [4.69, 9.17) is 16.7 Å². The Hall–Kier alpha value is -0.950. The monoisotopic (exact) mass is 196 g/mol. The van der Waals surface area contributed by atoms with E-state index in [2.05, 4.69) is 0 Å². The summed E-state index contributed by atoms with van der Waals surface area (Å²) in [4.78, 5) is 0. The predicted octanol–water partition coefficient (Wildman–Crippen LogP) is 3.34. The molecule has 1 N–H and O–H groups in total. The molecule has 0 saturated heterocycles. The van der Waals surface area contributed by atoms with Gasteiger partial charge in [0, 0.05) is 5.88 Å². The van der Waals surface area contributed by atoms with Crippen molar-refractivity contribution >= 4 is 17.7 Å². The highest BCUT2D eigenvalue weighted by molar-refractivity contribution is 6.17. The van der Waals surface area contributed by atoms with Crippen molar-refractivity contribution in [1.29, 1.82) is 0 Å². The Bertz CT molecular complexity index is 305. The summed E-state index contributed by atoms with van der Waals surface area (Å²) in [5, 5.41) is 9.16. The van der Waals surface area contributed by atoms with Crippen LogP contribution >= 0.6 is 11.6 Å². The van der Waals surface area contributed by atoms with Crippen LogP contribution in [0.25, 0.3) is 6.08 Å². The van der Waals surface area contributed by atoms with Crippen molar-refractivity contribution in [2.45, 2.75) is 13.3 Å². The summed E-state index contributed by atoms with van der Waals surface area (Å²) in [6.07, 6.45) is 4.94. The van der Waals surface area contributed by atoms with Crippen LogP contribution in [0.1, 0.15) is 17.5 Å². The third kappa shape index (κ3) is 3.11. The first-order valence-electron chi connectivity index (χ1n) is 4.26. The number of allylic oxidation sites excluding steroid dienone is 1. The van der Waals surface area contributed by atoms with E-state index in [1.54, 1.807) is 12.1 Å². The number of aryl methyl sites for hydroxylation is 1. The molecule has 0 atom stereocenters. The Morgan fingerprint density at radius 1 is 1.46 bits per heavy atom. The lowest BCUT2D eigenvalue weighted by Crippen LogP contribution is -1.79. The molecular weight excluding hydrogens is 184 g/mol. The summed E-state index contributed by atoms with van der Waals surface area (Å²) in [6.45, 7) is 1.97. The van der Waals surface area contributed by atoms with Gasteiger partial charge in [-0.05, 0) is 36.6 Å². The predicted molar refractivity (Wildman–Crippen MR) is 57.2 cm³/mol. The lowest BCUT2D eigenvalue weighted by molar-refractivity contribution is 0.475. The summed E-state index contributed by atoms with van der Waals surface area (Å²) >= 11 is 5.54. The molecule has 1 aromatic rings. The van der Waals surface area contributed by atoms with Crippen LogP contribution in [0.3, 0.4) is 0 Å². The van der Waals surface area contributed by atoms with E-state index in [-0.39, 0.29) is 0 Å². The number of aromatic hydroxyl groups is 1. The zero-order chi connectivity index (χ0) is 9.68. The molecule has 0 spiro atoms. The maximum Gasteiger partial charge on any atom is 0.115 e. The second kappa shape index (κ2) is 4.93. The smallest absolute Gasteiger partial charge is 0.115 e. The molecular formula is C11H13ClO. The topological polar surface area (TPSA) is 20.2 Å². The van der Waals surface area contributed by atoms with Crippen LogP contribution in [-0.4, -0.2) is 11.0 Å². The van der Waals surface area contributed by atoms with E-state index >= 15 is 0 Å². The summed E-state index contributed by atoms with van der Waals surface area (Å²) in [5.74, 6) is 0.958. The Kier molecular flexibility index (Phi) is 3.84. The van der Waals surface area contributed by atoms with Gasteiger partial charge in [-0.25, -0.2) is 0 Å². The van der Waals surface area contributed by atoms with Crippen molar-refractivity contribution in [2.75, 3.05) is 5.88 Å². The number of phenols is 1. The maximum absolute atomic E-state index is 9.16. The van der Waals surface area contributed by atoms with E-state index in [0.717, 1.165) is 17.5 Å². The molecule has 0 heterocycles. The van der Waals surface area contributed by atoms with E-state index in [1.165, 1.54) is 0 Å². The molecule has 0 unspecified atom stereocenters. The van der Waals surface area contributed by atoms with Gasteiger partial charge < -0.3 is 5.11 Å². The molecule has 13 heavy (non-hydrogen) atoms. The van der Waals surface area contributed by atoms with E-state index in [1.807, 2.05) is 25.1 Å². The van der Waals surface area contributed by atoms with Gasteiger partial charge in [0.05, 0.1) is 0 Å². The summed E-state index contributed by atoms with van der Waals surface area (Å²) < 4.78 is 0. The number of alkyl halides is 1. The van der Waals surface area contributed by atoms with Crippen molar-refractivity contribution in [3.63, 3.8) is 0 Å². The highest BCUT2D eigenvalue weighted by Gasteiger charge is 1.94. The van der Waals surface area contributed by atoms with Gasteiger partial charge in [0.1, 0.15) is 5.75 Å². The average Bonchev–Trinajstić information content (AvgIpc) is 2.09. The second-order valence-electron chi connectivity index (χ2n) is 2.92. The Morgan fingerprint density at radius 3 is 2.85 bits per heavy atom. The number of halogens is 1. The van der Waals surface area contributed by atoms with Crippen LogP contribution in [0.2, 0.25) is 0 Å². The molecule has 0 aliphatic rings. The van der Waals surface area contributed by atoms with Crippen LogP contribution < -0.4 is 0 Å². The molecule has 0 bridgehead atoms. The highest BCUT2D eigenvalue weighted by Crippen LogP contribution is 2.16. The van der Waals surface area contributed by atoms with Crippen molar-refractivity contribution in [3.05, 3.63) is 35.4 Å². The second-order valence-corrected chi connectivity index (χ2v) is 3.30. The van der Waals surface area contributed by atoms with Crippen LogP contribution in [0, 0.1) is 6.92 Å². The van der Waals surface area contributed by atoms with Crippen LogP contribution in [0.4, 0.5) is 0 Å². The molecule has 1 nitrogen and oxygen atoms in total. The molecule has 0 aliphatic carbocycles. The van der Waals surface area contributed by atoms with Gasteiger partial charge in [-0.3, -0.25) is 0 Å². The molecule has 70 valence electrons. The van der Waals surface area contributed by atoms with Crippen LogP contribution in [0.15, 0.2) is 24.3 Å². The first-order valence-corrected chi connectivity index (χ1v) is 4.79. The van der Waals surface area contributed by atoms with Gasteiger partial charge in [-0.1, -0.05) is 18.2 Å². The lowest BCUT2D eigenvalue weighted by Gasteiger charge is -2.00. The molecule has 1 aromatic carbocycles. The zero-order valence-corrected chi connectivity index (χ0v) is 8.38. The summed E-state index contributed by atoms with van der Waals surface area (Å²) in [6, 6.07) is 5.34. The summed E-state index contributed by atoms with van der Waals surface area (Å²) in [5.41, 5.74) is 2.20. The van der Waals surface area contributed by atoms with E-state index < -0.39 is 0 Å². The van der Waals surface area contributed by atoms with Gasteiger partial charge in [-0.2, -0.15) is 0 Å². The van der Waals surface area contributed by atoms with Crippen molar-refractivity contribution in [3.8, 4) is 5.75 Å². The Labute approximate surface area is 83.7 Å². The SMILES string of the molecule is Cc1cc(O)ccc1C=CCCCl. The number of phenolic OH excluding ortho intramolecular Hbond substituents is 1. The minimum absolute atomic E-state index is 0.312. The number of hydrogen-bond acceptors (Lipinski definition) is 1. The van der Waals surface area contributed by atoms with Gasteiger partial charge in [0.2, 0.25) is 0 Å². The molecule has 0 aromatic heterocycles. The third-order valence-electron chi connectivity index (χ3n) is 1.83. The van der Waals surface area contributed by atoms with Gasteiger partial charge in [-0.15, -0.1) is 11.6 Å².